The summed E-state index contributed by atoms with van der Waals surface area (Å²) in [6.07, 6.45) is 10.9. The fraction of sp³-hybridized carbons (Fsp3) is 0.300. The standard InChI is InChI=1S/C10H15/c1-4-7-8-9-10(5-2)6-3/h4-5,7-10H,2-3,6H2,1H3. The molecule has 1 radical (unpaired) electrons. The van der Waals surface area contributed by atoms with Crippen molar-refractivity contribution in [2.75, 3.05) is 0 Å². The van der Waals surface area contributed by atoms with E-state index in [-0.39, 0.29) is 0 Å². The minimum Gasteiger partial charge on any atom is -0.102 e. The molecule has 0 spiro atoms. The molecule has 0 nitrogen and oxygen atoms in total. The van der Waals surface area contributed by atoms with E-state index in [0.717, 1.165) is 6.42 Å². The average molecular weight is 135 g/mol. The number of hydrogen-bond acceptors (Lipinski definition) is 0. The molecule has 0 aromatic heterocycles. The Balaban J connectivity index is 3.71. The molecule has 0 heteroatoms. The molecular weight excluding hydrogens is 120 g/mol. The molecule has 1 unspecified atom stereocenters. The lowest BCUT2D eigenvalue weighted by Gasteiger charge is -1.98. The summed E-state index contributed by atoms with van der Waals surface area (Å²) >= 11 is 0. The van der Waals surface area contributed by atoms with Crippen molar-refractivity contribution in [2.24, 2.45) is 5.92 Å². The maximum absolute atomic E-state index is 3.79. The predicted molar refractivity (Wildman–Crippen MR) is 47.6 cm³/mol. The molecule has 0 aliphatic heterocycles. The number of hydrogen-bond donors (Lipinski definition) is 0. The molecule has 55 valence electrons. The van der Waals surface area contributed by atoms with Gasteiger partial charge in [0.15, 0.2) is 0 Å². The average Bonchev–Trinajstić information content (AvgIpc) is 1.99. The van der Waals surface area contributed by atoms with Crippen molar-refractivity contribution in [3.05, 3.63) is 43.9 Å². The Kier molecular flexibility index (Phi) is 5.85. The van der Waals surface area contributed by atoms with Crippen LogP contribution in [0.4, 0.5) is 0 Å². The first-order chi connectivity index (χ1) is 4.85. The van der Waals surface area contributed by atoms with Gasteiger partial charge >= 0.3 is 0 Å². The van der Waals surface area contributed by atoms with Gasteiger partial charge < -0.3 is 0 Å². The summed E-state index contributed by atoms with van der Waals surface area (Å²) in [5.41, 5.74) is 0. The maximum atomic E-state index is 3.79. The molecule has 0 rings (SSSR count). The third-order valence-corrected chi connectivity index (χ3v) is 1.30. The van der Waals surface area contributed by atoms with Crippen LogP contribution in [0.5, 0.6) is 0 Å². The lowest BCUT2D eigenvalue weighted by molar-refractivity contribution is 0.832. The minimum absolute atomic E-state index is 0.427. The molecule has 0 aliphatic rings. The zero-order valence-electron chi connectivity index (χ0n) is 6.59. The summed E-state index contributed by atoms with van der Waals surface area (Å²) in [5.74, 6) is 0.427. The van der Waals surface area contributed by atoms with Crippen molar-refractivity contribution >= 4 is 0 Å². The normalized spacial score (nSPS) is 14.6. The Morgan fingerprint density at radius 2 is 2.10 bits per heavy atom. The van der Waals surface area contributed by atoms with E-state index < -0.39 is 0 Å². The lowest BCUT2D eigenvalue weighted by atomic mass is 10.1. The van der Waals surface area contributed by atoms with Crippen molar-refractivity contribution in [3.8, 4) is 0 Å². The third kappa shape index (κ3) is 4.13. The van der Waals surface area contributed by atoms with Gasteiger partial charge in [0.2, 0.25) is 0 Å². The minimum atomic E-state index is 0.427. The summed E-state index contributed by atoms with van der Waals surface area (Å²) in [7, 11) is 0. The number of allylic oxidation sites excluding steroid dienone is 5. The third-order valence-electron chi connectivity index (χ3n) is 1.30. The van der Waals surface area contributed by atoms with Crippen molar-refractivity contribution in [2.45, 2.75) is 13.3 Å². The second kappa shape index (κ2) is 6.34. The van der Waals surface area contributed by atoms with Crippen molar-refractivity contribution in [1.82, 2.24) is 0 Å². The molecule has 0 aromatic carbocycles. The van der Waals surface area contributed by atoms with Gasteiger partial charge in [-0.3, -0.25) is 0 Å². The summed E-state index contributed by atoms with van der Waals surface area (Å²) in [4.78, 5) is 0. The maximum Gasteiger partial charge on any atom is -0.00531 e. The summed E-state index contributed by atoms with van der Waals surface area (Å²) in [6.45, 7) is 9.48. The van der Waals surface area contributed by atoms with Crippen LogP contribution in [-0.4, -0.2) is 0 Å². The van der Waals surface area contributed by atoms with Crippen molar-refractivity contribution < 1.29 is 0 Å². The Morgan fingerprint density at radius 3 is 2.50 bits per heavy atom. The molecular formula is C10H15. The second-order valence-corrected chi connectivity index (χ2v) is 2.10. The molecule has 0 saturated heterocycles. The highest BCUT2D eigenvalue weighted by Crippen LogP contribution is 2.04. The first-order valence-corrected chi connectivity index (χ1v) is 3.56. The van der Waals surface area contributed by atoms with E-state index in [0.29, 0.717) is 5.92 Å². The van der Waals surface area contributed by atoms with E-state index in [1.165, 1.54) is 0 Å². The molecule has 0 aromatic rings. The van der Waals surface area contributed by atoms with Gasteiger partial charge in [0, 0.05) is 0 Å². The van der Waals surface area contributed by atoms with Crippen LogP contribution in [0.15, 0.2) is 37.0 Å². The van der Waals surface area contributed by atoms with E-state index in [1.807, 2.05) is 31.2 Å². The van der Waals surface area contributed by atoms with Gasteiger partial charge in [-0.1, -0.05) is 37.3 Å². The first kappa shape index (κ1) is 9.22. The predicted octanol–water partition coefficient (Wildman–Crippen LogP) is 3.15. The van der Waals surface area contributed by atoms with Gasteiger partial charge in [0.05, 0.1) is 0 Å². The SMILES string of the molecule is [CH2]CC(C=C)C=CC=CC. The Bertz CT molecular complexity index is 129. The zero-order chi connectivity index (χ0) is 7.82. The zero-order valence-corrected chi connectivity index (χ0v) is 6.59. The molecule has 0 aliphatic carbocycles. The summed E-state index contributed by atoms with van der Waals surface area (Å²) in [5, 5.41) is 0. The smallest absolute Gasteiger partial charge is 0.00531 e. The molecule has 0 N–H and O–H groups in total. The van der Waals surface area contributed by atoms with Crippen LogP contribution < -0.4 is 0 Å². The van der Waals surface area contributed by atoms with Gasteiger partial charge in [-0.15, -0.1) is 6.58 Å². The van der Waals surface area contributed by atoms with Crippen LogP contribution in [0.1, 0.15) is 13.3 Å². The van der Waals surface area contributed by atoms with E-state index in [9.17, 15) is 0 Å². The highest BCUT2D eigenvalue weighted by molar-refractivity contribution is 5.06. The van der Waals surface area contributed by atoms with Gasteiger partial charge in [0.25, 0.3) is 0 Å². The summed E-state index contributed by atoms with van der Waals surface area (Å²) < 4.78 is 0. The number of rotatable bonds is 4. The van der Waals surface area contributed by atoms with Crippen LogP contribution in [0.3, 0.4) is 0 Å². The van der Waals surface area contributed by atoms with E-state index >= 15 is 0 Å². The second-order valence-electron chi connectivity index (χ2n) is 2.10. The van der Waals surface area contributed by atoms with Gasteiger partial charge in [-0.25, -0.2) is 0 Å². The van der Waals surface area contributed by atoms with Gasteiger partial charge in [-0.2, -0.15) is 0 Å². The highest BCUT2D eigenvalue weighted by Gasteiger charge is 1.90. The van der Waals surface area contributed by atoms with E-state index in [4.69, 9.17) is 0 Å². The van der Waals surface area contributed by atoms with Gasteiger partial charge in [-0.05, 0) is 19.3 Å². The Morgan fingerprint density at radius 1 is 1.40 bits per heavy atom. The van der Waals surface area contributed by atoms with Crippen LogP contribution in [-0.2, 0) is 0 Å². The molecule has 0 heterocycles. The van der Waals surface area contributed by atoms with Crippen LogP contribution in [0.2, 0.25) is 0 Å². The van der Waals surface area contributed by atoms with E-state index in [2.05, 4.69) is 19.6 Å². The van der Waals surface area contributed by atoms with Crippen molar-refractivity contribution in [1.29, 1.82) is 0 Å². The fourth-order valence-corrected chi connectivity index (χ4v) is 0.611. The molecule has 1 atom stereocenters. The Labute approximate surface area is 64.0 Å². The first-order valence-electron chi connectivity index (χ1n) is 3.56. The molecule has 10 heavy (non-hydrogen) atoms. The largest absolute Gasteiger partial charge is 0.102 e. The summed E-state index contributed by atoms with van der Waals surface area (Å²) in [6, 6.07) is 0. The van der Waals surface area contributed by atoms with Gasteiger partial charge in [0.1, 0.15) is 0 Å². The molecule has 0 bridgehead atoms. The molecule has 0 saturated carbocycles. The molecule has 0 amide bonds. The van der Waals surface area contributed by atoms with Crippen LogP contribution in [0.25, 0.3) is 0 Å². The van der Waals surface area contributed by atoms with Crippen LogP contribution in [0, 0.1) is 12.8 Å². The van der Waals surface area contributed by atoms with Crippen LogP contribution >= 0.6 is 0 Å². The topological polar surface area (TPSA) is 0 Å². The highest BCUT2D eigenvalue weighted by atomic mass is 14.0. The Hall–Kier alpha value is -0.780. The quantitative estimate of drug-likeness (QED) is 0.410. The van der Waals surface area contributed by atoms with E-state index in [1.54, 1.807) is 0 Å². The van der Waals surface area contributed by atoms with Crippen molar-refractivity contribution in [3.63, 3.8) is 0 Å². The lowest BCUT2D eigenvalue weighted by Crippen LogP contribution is -1.85. The molecule has 0 fully saturated rings. The fourth-order valence-electron chi connectivity index (χ4n) is 0.611. The monoisotopic (exact) mass is 135 g/mol.